The average molecular weight is 417 g/mol. The fourth-order valence-corrected chi connectivity index (χ4v) is 3.66. The van der Waals surface area contributed by atoms with E-state index in [1.54, 1.807) is 25.4 Å². The van der Waals surface area contributed by atoms with Crippen LogP contribution in [0.2, 0.25) is 0 Å². The highest BCUT2D eigenvalue weighted by Gasteiger charge is 2.24. The zero-order valence-corrected chi connectivity index (χ0v) is 17.7. The number of aryl methyl sites for hydroxylation is 1. The van der Waals surface area contributed by atoms with Crippen LogP contribution in [0.1, 0.15) is 35.8 Å². The van der Waals surface area contributed by atoms with Gasteiger partial charge in [-0.25, -0.2) is 9.37 Å². The molecule has 0 saturated heterocycles. The Balaban J connectivity index is 1.61. The number of amides is 1. The quantitative estimate of drug-likeness (QED) is 0.493. The van der Waals surface area contributed by atoms with E-state index in [1.165, 1.54) is 12.1 Å². The normalized spacial score (nSPS) is 13.0. The lowest BCUT2D eigenvalue weighted by molar-refractivity contribution is -0.122. The number of hydrogen-bond donors (Lipinski definition) is 1. The Kier molecular flexibility index (Phi) is 5.71. The maximum atomic E-state index is 13.4. The van der Waals surface area contributed by atoms with Crippen LogP contribution in [0.15, 0.2) is 73.1 Å². The second-order valence-corrected chi connectivity index (χ2v) is 7.58. The maximum absolute atomic E-state index is 13.4. The summed E-state index contributed by atoms with van der Waals surface area (Å²) in [5, 5.41) is 5.18. The average Bonchev–Trinajstić information content (AvgIpc) is 3.22. The number of carbonyl (C=O) groups excluding carboxylic acids is 1. The highest BCUT2D eigenvalue weighted by atomic mass is 19.1. The lowest BCUT2D eigenvalue weighted by Gasteiger charge is -2.22. The molecule has 1 aromatic heterocycles. The summed E-state index contributed by atoms with van der Waals surface area (Å²) in [6.45, 7) is 1.88. The van der Waals surface area contributed by atoms with Crippen molar-refractivity contribution in [3.63, 3.8) is 0 Å². The van der Waals surface area contributed by atoms with Crippen LogP contribution in [0, 0.1) is 5.82 Å². The van der Waals surface area contributed by atoms with Crippen molar-refractivity contribution in [3.8, 4) is 5.75 Å². The molecular formula is C25H24FN3O2. The molecule has 158 valence electrons. The van der Waals surface area contributed by atoms with E-state index in [0.717, 1.165) is 27.6 Å². The highest BCUT2D eigenvalue weighted by Crippen LogP contribution is 2.27. The second kappa shape index (κ2) is 8.60. The summed E-state index contributed by atoms with van der Waals surface area (Å²) >= 11 is 0. The molecule has 0 aliphatic heterocycles. The van der Waals surface area contributed by atoms with Gasteiger partial charge in [0.15, 0.2) is 0 Å². The summed E-state index contributed by atoms with van der Waals surface area (Å²) in [6.07, 6.45) is 3.50. The van der Waals surface area contributed by atoms with Crippen LogP contribution >= 0.6 is 0 Å². The molecule has 1 N–H and O–H groups in total. The molecule has 2 atom stereocenters. The zero-order valence-electron chi connectivity index (χ0n) is 17.7. The Morgan fingerprint density at radius 1 is 1.03 bits per heavy atom. The summed E-state index contributed by atoms with van der Waals surface area (Å²) in [4.78, 5) is 17.6. The number of ether oxygens (including phenoxy) is 1. The fraction of sp³-hybridized carbons (Fsp3) is 0.200. The van der Waals surface area contributed by atoms with E-state index in [4.69, 9.17) is 4.74 Å². The van der Waals surface area contributed by atoms with Crippen LogP contribution in [0.4, 0.5) is 4.39 Å². The van der Waals surface area contributed by atoms with Gasteiger partial charge in [0.25, 0.3) is 0 Å². The molecular weight excluding hydrogens is 393 g/mol. The minimum Gasteiger partial charge on any atom is -0.497 e. The van der Waals surface area contributed by atoms with Crippen LogP contribution in [-0.2, 0) is 11.8 Å². The van der Waals surface area contributed by atoms with Crippen LogP contribution < -0.4 is 10.1 Å². The first-order valence-electron chi connectivity index (χ1n) is 10.1. The van der Waals surface area contributed by atoms with Gasteiger partial charge in [-0.15, -0.1) is 0 Å². The Morgan fingerprint density at radius 2 is 1.71 bits per heavy atom. The number of benzene rings is 3. The summed E-state index contributed by atoms with van der Waals surface area (Å²) in [5.74, 6) is 0.635. The molecule has 0 aliphatic carbocycles. The van der Waals surface area contributed by atoms with Gasteiger partial charge in [-0.3, -0.25) is 4.79 Å². The topological polar surface area (TPSA) is 56.1 Å². The number of hydrogen-bond acceptors (Lipinski definition) is 3. The minimum atomic E-state index is -0.486. The largest absolute Gasteiger partial charge is 0.497 e. The van der Waals surface area contributed by atoms with Crippen molar-refractivity contribution in [1.29, 1.82) is 0 Å². The Morgan fingerprint density at radius 3 is 2.39 bits per heavy atom. The second-order valence-electron chi connectivity index (χ2n) is 7.58. The van der Waals surface area contributed by atoms with Crippen LogP contribution in [0.25, 0.3) is 10.8 Å². The molecule has 5 nitrogen and oxygen atoms in total. The number of carbonyl (C=O) groups is 1. The summed E-state index contributed by atoms with van der Waals surface area (Å²) in [5.41, 5.74) is 1.68. The van der Waals surface area contributed by atoms with E-state index in [0.29, 0.717) is 5.82 Å². The predicted molar refractivity (Wildman–Crippen MR) is 119 cm³/mol. The molecule has 4 aromatic rings. The molecule has 0 spiro atoms. The van der Waals surface area contributed by atoms with Crippen LogP contribution in [-0.4, -0.2) is 22.6 Å². The van der Waals surface area contributed by atoms with Crippen molar-refractivity contribution in [3.05, 3.63) is 95.8 Å². The van der Waals surface area contributed by atoms with Crippen LogP contribution in [0.3, 0.4) is 0 Å². The molecule has 3 aromatic carbocycles. The smallest absolute Gasteiger partial charge is 0.228 e. The Bertz CT molecular complexity index is 1220. The minimum absolute atomic E-state index is 0.134. The monoisotopic (exact) mass is 417 g/mol. The zero-order chi connectivity index (χ0) is 22.0. The standard InChI is InChI=1S/C25H24FN3O2/c1-16(18-4-5-20-15-22(31-3)11-8-19(20)14-18)25(30)28-23(24-27-12-13-29(24)2)17-6-9-21(26)10-7-17/h4-16,23H,1-3H3,(H,28,30). The summed E-state index contributed by atoms with van der Waals surface area (Å²) in [7, 11) is 3.51. The van der Waals surface area contributed by atoms with E-state index in [1.807, 2.05) is 61.1 Å². The fourth-order valence-electron chi connectivity index (χ4n) is 3.66. The molecule has 31 heavy (non-hydrogen) atoms. The van der Waals surface area contributed by atoms with E-state index in [-0.39, 0.29) is 17.6 Å². The molecule has 0 radical (unpaired) electrons. The van der Waals surface area contributed by atoms with E-state index < -0.39 is 6.04 Å². The first kappa shape index (κ1) is 20.6. The predicted octanol–water partition coefficient (Wildman–Crippen LogP) is 4.73. The van der Waals surface area contributed by atoms with Crippen molar-refractivity contribution in [1.82, 2.24) is 14.9 Å². The van der Waals surface area contributed by atoms with Crippen molar-refractivity contribution >= 4 is 16.7 Å². The number of nitrogens with zero attached hydrogens (tertiary/aromatic N) is 2. The number of aromatic nitrogens is 2. The molecule has 0 aliphatic rings. The van der Waals surface area contributed by atoms with Gasteiger partial charge in [-0.1, -0.05) is 36.4 Å². The van der Waals surface area contributed by atoms with Gasteiger partial charge < -0.3 is 14.6 Å². The summed E-state index contributed by atoms with van der Waals surface area (Å²) in [6, 6.07) is 17.5. The van der Waals surface area contributed by atoms with Gasteiger partial charge in [-0.05, 0) is 53.1 Å². The molecule has 2 unspecified atom stereocenters. The molecule has 1 heterocycles. The van der Waals surface area contributed by atoms with Crippen molar-refractivity contribution < 1.29 is 13.9 Å². The Hall–Kier alpha value is -3.67. The Labute approximate surface area is 180 Å². The molecule has 6 heteroatoms. The lowest BCUT2D eigenvalue weighted by Crippen LogP contribution is -2.34. The number of halogens is 1. The third-order valence-corrected chi connectivity index (χ3v) is 5.57. The molecule has 0 saturated carbocycles. The number of imidazole rings is 1. The molecule has 1 amide bonds. The molecule has 4 rings (SSSR count). The number of methoxy groups -OCH3 is 1. The van der Waals surface area contributed by atoms with Gasteiger partial charge in [-0.2, -0.15) is 0 Å². The van der Waals surface area contributed by atoms with Gasteiger partial charge in [0.05, 0.1) is 13.0 Å². The summed E-state index contributed by atoms with van der Waals surface area (Å²) < 4.78 is 20.6. The van der Waals surface area contributed by atoms with Gasteiger partial charge in [0, 0.05) is 19.4 Å². The van der Waals surface area contributed by atoms with E-state index in [9.17, 15) is 9.18 Å². The van der Waals surface area contributed by atoms with Crippen molar-refractivity contribution in [2.45, 2.75) is 18.9 Å². The maximum Gasteiger partial charge on any atom is 0.228 e. The third kappa shape index (κ3) is 4.28. The highest BCUT2D eigenvalue weighted by molar-refractivity contribution is 5.88. The van der Waals surface area contributed by atoms with Gasteiger partial charge in [0.2, 0.25) is 5.91 Å². The number of rotatable bonds is 6. The SMILES string of the molecule is COc1ccc2cc(C(C)C(=O)NC(c3ccc(F)cc3)c3nccn3C)ccc2c1. The van der Waals surface area contributed by atoms with Gasteiger partial charge >= 0.3 is 0 Å². The first-order valence-corrected chi connectivity index (χ1v) is 10.1. The molecule has 0 bridgehead atoms. The molecule has 0 fully saturated rings. The van der Waals surface area contributed by atoms with E-state index in [2.05, 4.69) is 10.3 Å². The number of nitrogens with one attached hydrogen (secondary N) is 1. The number of fused-ring (bicyclic) bond motifs is 1. The third-order valence-electron chi connectivity index (χ3n) is 5.57. The first-order chi connectivity index (χ1) is 15.0. The van der Waals surface area contributed by atoms with E-state index >= 15 is 0 Å². The lowest BCUT2D eigenvalue weighted by atomic mass is 9.96. The van der Waals surface area contributed by atoms with Crippen LogP contribution in [0.5, 0.6) is 5.75 Å². The van der Waals surface area contributed by atoms with Crippen molar-refractivity contribution in [2.75, 3.05) is 7.11 Å². The van der Waals surface area contributed by atoms with Gasteiger partial charge in [0.1, 0.15) is 23.4 Å². The van der Waals surface area contributed by atoms with Crippen molar-refractivity contribution in [2.24, 2.45) is 7.05 Å².